The van der Waals surface area contributed by atoms with E-state index in [4.69, 9.17) is 5.26 Å². The van der Waals surface area contributed by atoms with Crippen molar-refractivity contribution >= 4 is 0 Å². The quantitative estimate of drug-likeness (QED) is 0.881. The first-order chi connectivity index (χ1) is 10.1. The molecule has 3 heteroatoms. The average Bonchev–Trinajstić information content (AvgIpc) is 2.52. The molecule has 0 amide bonds. The fraction of sp³-hybridized carbons (Fsp3) is 0.278. The van der Waals surface area contributed by atoms with E-state index in [9.17, 15) is 4.39 Å². The summed E-state index contributed by atoms with van der Waals surface area (Å²) in [5.41, 5.74) is 3.15. The first kappa shape index (κ1) is 15.2. The normalized spacial score (nSPS) is 11.9. The van der Waals surface area contributed by atoms with Crippen LogP contribution in [0.15, 0.2) is 42.5 Å². The van der Waals surface area contributed by atoms with Gasteiger partial charge in [-0.15, -0.1) is 0 Å². The Bertz CT molecular complexity index is 659. The lowest BCUT2D eigenvalue weighted by atomic mass is 9.98. The van der Waals surface area contributed by atoms with Crippen molar-refractivity contribution in [3.05, 3.63) is 59.4 Å². The molecule has 0 bridgehead atoms. The van der Waals surface area contributed by atoms with Crippen LogP contribution in [0, 0.1) is 17.1 Å². The predicted octanol–water partition coefficient (Wildman–Crippen LogP) is 4.42. The van der Waals surface area contributed by atoms with Crippen molar-refractivity contribution in [1.29, 1.82) is 5.26 Å². The number of rotatable bonds is 5. The lowest BCUT2D eigenvalue weighted by Crippen LogP contribution is -2.19. The predicted molar refractivity (Wildman–Crippen MR) is 83.3 cm³/mol. The van der Waals surface area contributed by atoms with Gasteiger partial charge in [-0.2, -0.15) is 5.26 Å². The lowest BCUT2D eigenvalue weighted by molar-refractivity contribution is 0.571. The van der Waals surface area contributed by atoms with Crippen LogP contribution in [0.25, 0.3) is 11.1 Å². The SMILES string of the molecule is CCCNC(C)c1cccc(-c2cc(F)cc(C#N)c2)c1. The van der Waals surface area contributed by atoms with E-state index in [0.29, 0.717) is 5.56 Å². The molecule has 0 aliphatic carbocycles. The molecule has 0 spiro atoms. The van der Waals surface area contributed by atoms with Crippen LogP contribution in [0.2, 0.25) is 0 Å². The van der Waals surface area contributed by atoms with Crippen LogP contribution in [-0.4, -0.2) is 6.54 Å². The van der Waals surface area contributed by atoms with E-state index in [-0.39, 0.29) is 11.9 Å². The Kier molecular flexibility index (Phi) is 5.08. The smallest absolute Gasteiger partial charge is 0.125 e. The molecule has 0 radical (unpaired) electrons. The Balaban J connectivity index is 2.33. The van der Waals surface area contributed by atoms with E-state index in [1.165, 1.54) is 12.1 Å². The second-order valence-electron chi connectivity index (χ2n) is 5.14. The summed E-state index contributed by atoms with van der Waals surface area (Å²) >= 11 is 0. The maximum Gasteiger partial charge on any atom is 0.125 e. The van der Waals surface area contributed by atoms with Gasteiger partial charge in [-0.3, -0.25) is 0 Å². The molecule has 1 unspecified atom stereocenters. The number of nitrogens with one attached hydrogen (secondary N) is 1. The van der Waals surface area contributed by atoms with Gasteiger partial charge in [0.15, 0.2) is 0 Å². The molecule has 1 atom stereocenters. The second-order valence-corrected chi connectivity index (χ2v) is 5.14. The largest absolute Gasteiger partial charge is 0.310 e. The summed E-state index contributed by atoms with van der Waals surface area (Å²) in [5.74, 6) is -0.383. The summed E-state index contributed by atoms with van der Waals surface area (Å²) in [5, 5.41) is 12.4. The third-order valence-corrected chi connectivity index (χ3v) is 3.45. The summed E-state index contributed by atoms with van der Waals surface area (Å²) in [6, 6.07) is 14.7. The van der Waals surface area contributed by atoms with E-state index in [0.717, 1.165) is 29.7 Å². The summed E-state index contributed by atoms with van der Waals surface area (Å²) in [4.78, 5) is 0. The van der Waals surface area contributed by atoms with Gasteiger partial charge in [0, 0.05) is 6.04 Å². The van der Waals surface area contributed by atoms with Crippen LogP contribution in [-0.2, 0) is 0 Å². The number of hydrogen-bond donors (Lipinski definition) is 1. The van der Waals surface area contributed by atoms with Crippen LogP contribution in [0.4, 0.5) is 4.39 Å². The molecular weight excluding hydrogens is 263 g/mol. The molecule has 108 valence electrons. The number of hydrogen-bond acceptors (Lipinski definition) is 2. The van der Waals surface area contributed by atoms with Crippen LogP contribution >= 0.6 is 0 Å². The van der Waals surface area contributed by atoms with E-state index >= 15 is 0 Å². The van der Waals surface area contributed by atoms with Crippen molar-refractivity contribution in [3.63, 3.8) is 0 Å². The van der Waals surface area contributed by atoms with Crippen molar-refractivity contribution in [2.24, 2.45) is 0 Å². The molecule has 0 saturated carbocycles. The molecular formula is C18H19FN2. The fourth-order valence-corrected chi connectivity index (χ4v) is 2.29. The summed E-state index contributed by atoms with van der Waals surface area (Å²) < 4.78 is 13.6. The molecule has 0 aliphatic rings. The van der Waals surface area contributed by atoms with Gasteiger partial charge in [0.25, 0.3) is 0 Å². The van der Waals surface area contributed by atoms with Crippen molar-refractivity contribution in [2.75, 3.05) is 6.54 Å². The Morgan fingerprint density at radius 2 is 2.00 bits per heavy atom. The summed E-state index contributed by atoms with van der Waals surface area (Å²) in [6.07, 6.45) is 1.08. The Hall–Kier alpha value is -2.18. The molecule has 2 nitrogen and oxygen atoms in total. The van der Waals surface area contributed by atoms with Gasteiger partial charge < -0.3 is 5.32 Å². The molecule has 1 N–H and O–H groups in total. The zero-order valence-corrected chi connectivity index (χ0v) is 12.4. The molecule has 2 rings (SSSR count). The van der Waals surface area contributed by atoms with Crippen LogP contribution in [0.3, 0.4) is 0 Å². The van der Waals surface area contributed by atoms with E-state index in [1.54, 1.807) is 6.07 Å². The molecule has 0 aliphatic heterocycles. The topological polar surface area (TPSA) is 35.8 Å². The Morgan fingerprint density at radius 1 is 1.19 bits per heavy atom. The minimum absolute atomic E-state index is 0.244. The number of halogens is 1. The fourth-order valence-electron chi connectivity index (χ4n) is 2.29. The Morgan fingerprint density at radius 3 is 2.71 bits per heavy atom. The lowest BCUT2D eigenvalue weighted by Gasteiger charge is -2.15. The first-order valence-corrected chi connectivity index (χ1v) is 7.18. The first-order valence-electron chi connectivity index (χ1n) is 7.18. The van der Waals surface area contributed by atoms with Gasteiger partial charge in [-0.05, 0) is 60.8 Å². The average molecular weight is 282 g/mol. The van der Waals surface area contributed by atoms with Gasteiger partial charge in [-0.25, -0.2) is 4.39 Å². The highest BCUT2D eigenvalue weighted by atomic mass is 19.1. The summed E-state index contributed by atoms with van der Waals surface area (Å²) in [6.45, 7) is 5.21. The van der Waals surface area contributed by atoms with Crippen LogP contribution in [0.5, 0.6) is 0 Å². The van der Waals surface area contributed by atoms with Crippen LogP contribution < -0.4 is 5.32 Å². The molecule has 2 aromatic rings. The highest BCUT2D eigenvalue weighted by Crippen LogP contribution is 2.25. The minimum atomic E-state index is -0.383. The molecule has 0 heterocycles. The molecule has 21 heavy (non-hydrogen) atoms. The number of benzene rings is 2. The standard InChI is InChI=1S/C18H19FN2/c1-3-7-21-13(2)15-5-4-6-16(10-15)17-8-14(12-20)9-18(19)11-17/h4-6,8-11,13,21H,3,7H2,1-2H3. The van der Waals surface area contributed by atoms with Crippen LogP contribution in [0.1, 0.15) is 37.4 Å². The molecule has 0 aromatic heterocycles. The maximum atomic E-state index is 13.6. The van der Waals surface area contributed by atoms with E-state index in [1.807, 2.05) is 24.3 Å². The molecule has 0 saturated heterocycles. The molecule has 0 fully saturated rings. The number of nitrogens with zero attached hydrogens (tertiary/aromatic N) is 1. The monoisotopic (exact) mass is 282 g/mol. The van der Waals surface area contributed by atoms with Crippen molar-refractivity contribution in [3.8, 4) is 17.2 Å². The van der Waals surface area contributed by atoms with Gasteiger partial charge >= 0.3 is 0 Å². The van der Waals surface area contributed by atoms with Gasteiger partial charge in [0.05, 0.1) is 11.6 Å². The van der Waals surface area contributed by atoms with E-state index < -0.39 is 0 Å². The molecule has 2 aromatic carbocycles. The second kappa shape index (κ2) is 7.01. The third-order valence-electron chi connectivity index (χ3n) is 3.45. The van der Waals surface area contributed by atoms with Crippen molar-refractivity contribution in [2.45, 2.75) is 26.3 Å². The summed E-state index contributed by atoms with van der Waals surface area (Å²) in [7, 11) is 0. The van der Waals surface area contributed by atoms with Gasteiger partial charge in [0.1, 0.15) is 5.82 Å². The third kappa shape index (κ3) is 3.90. The van der Waals surface area contributed by atoms with Gasteiger partial charge in [-0.1, -0.05) is 25.1 Å². The highest BCUT2D eigenvalue weighted by Gasteiger charge is 2.07. The maximum absolute atomic E-state index is 13.6. The van der Waals surface area contributed by atoms with Gasteiger partial charge in [0.2, 0.25) is 0 Å². The Labute approximate surface area is 125 Å². The van der Waals surface area contributed by atoms with E-state index in [2.05, 4.69) is 25.2 Å². The minimum Gasteiger partial charge on any atom is -0.310 e. The van der Waals surface area contributed by atoms with Crippen molar-refractivity contribution < 1.29 is 4.39 Å². The highest BCUT2D eigenvalue weighted by molar-refractivity contribution is 5.66. The van der Waals surface area contributed by atoms with Crippen molar-refractivity contribution in [1.82, 2.24) is 5.32 Å². The zero-order chi connectivity index (χ0) is 15.2. The number of nitriles is 1. The zero-order valence-electron chi connectivity index (χ0n) is 12.4.